The molecule has 0 radical (unpaired) electrons. The lowest BCUT2D eigenvalue weighted by molar-refractivity contribution is 0.566. The van der Waals surface area contributed by atoms with Gasteiger partial charge in [0.25, 0.3) is 0 Å². The zero-order valence-electron chi connectivity index (χ0n) is 9.75. The molecule has 1 aromatic rings. The predicted molar refractivity (Wildman–Crippen MR) is 63.7 cm³/mol. The highest BCUT2D eigenvalue weighted by molar-refractivity contribution is 5.39. The van der Waals surface area contributed by atoms with Crippen LogP contribution in [0.1, 0.15) is 32.4 Å². The third-order valence-corrected chi connectivity index (χ3v) is 2.14. The van der Waals surface area contributed by atoms with Crippen LogP contribution < -0.4 is 11.1 Å². The summed E-state index contributed by atoms with van der Waals surface area (Å²) < 4.78 is 0. The van der Waals surface area contributed by atoms with Gasteiger partial charge in [-0.1, -0.05) is 13.8 Å². The maximum Gasteiger partial charge on any atom is 0.222 e. The summed E-state index contributed by atoms with van der Waals surface area (Å²) in [5, 5.41) is 3.25. The average Bonchev–Trinajstić information content (AvgIpc) is 2.10. The van der Waals surface area contributed by atoms with Crippen molar-refractivity contribution in [2.75, 3.05) is 17.6 Å². The molecule has 1 heterocycles. The summed E-state index contributed by atoms with van der Waals surface area (Å²) in [4.78, 5) is 8.12. The topological polar surface area (TPSA) is 63.8 Å². The molecule has 0 atom stereocenters. The standard InChI is InChI=1S/C11H20N4/c1-8(2)5-4-6-13-10-7-9(3)14-11(12)15-10/h7-8H,4-6H2,1-3H3,(H3,12,13,14,15). The molecular weight excluding hydrogens is 188 g/mol. The number of rotatable bonds is 5. The molecule has 1 aromatic heterocycles. The summed E-state index contributed by atoms with van der Waals surface area (Å²) in [6.45, 7) is 7.31. The highest BCUT2D eigenvalue weighted by atomic mass is 15.1. The van der Waals surface area contributed by atoms with E-state index in [4.69, 9.17) is 5.73 Å². The molecule has 4 heteroatoms. The van der Waals surface area contributed by atoms with Crippen LogP contribution in [-0.2, 0) is 0 Å². The molecule has 15 heavy (non-hydrogen) atoms. The highest BCUT2D eigenvalue weighted by Gasteiger charge is 1.98. The summed E-state index contributed by atoms with van der Waals surface area (Å²) in [5.41, 5.74) is 6.45. The van der Waals surface area contributed by atoms with Crippen LogP contribution in [0.3, 0.4) is 0 Å². The van der Waals surface area contributed by atoms with Crippen molar-refractivity contribution in [3.05, 3.63) is 11.8 Å². The molecule has 0 saturated heterocycles. The van der Waals surface area contributed by atoms with Gasteiger partial charge in [0.15, 0.2) is 0 Å². The van der Waals surface area contributed by atoms with Crippen molar-refractivity contribution in [1.29, 1.82) is 0 Å². The Morgan fingerprint density at radius 1 is 1.40 bits per heavy atom. The average molecular weight is 208 g/mol. The third-order valence-electron chi connectivity index (χ3n) is 2.14. The molecule has 0 amide bonds. The van der Waals surface area contributed by atoms with E-state index in [9.17, 15) is 0 Å². The number of hydrogen-bond donors (Lipinski definition) is 2. The SMILES string of the molecule is Cc1cc(NCCCC(C)C)nc(N)n1. The molecule has 0 aliphatic rings. The Balaban J connectivity index is 2.37. The number of hydrogen-bond acceptors (Lipinski definition) is 4. The molecular formula is C11H20N4. The Morgan fingerprint density at radius 2 is 2.13 bits per heavy atom. The van der Waals surface area contributed by atoms with E-state index in [-0.39, 0.29) is 0 Å². The van der Waals surface area contributed by atoms with E-state index in [1.165, 1.54) is 6.42 Å². The van der Waals surface area contributed by atoms with Gasteiger partial charge in [-0.2, -0.15) is 4.98 Å². The van der Waals surface area contributed by atoms with E-state index < -0.39 is 0 Å². The predicted octanol–water partition coefficient (Wildman–Crippen LogP) is 2.22. The number of nitrogens with one attached hydrogen (secondary N) is 1. The minimum Gasteiger partial charge on any atom is -0.370 e. The number of nitrogens with zero attached hydrogens (tertiary/aromatic N) is 2. The van der Waals surface area contributed by atoms with Gasteiger partial charge in [0.05, 0.1) is 0 Å². The molecule has 3 N–H and O–H groups in total. The van der Waals surface area contributed by atoms with Gasteiger partial charge >= 0.3 is 0 Å². The number of aryl methyl sites for hydroxylation is 1. The van der Waals surface area contributed by atoms with Crippen LogP contribution in [0.5, 0.6) is 0 Å². The quantitative estimate of drug-likeness (QED) is 0.728. The first-order valence-electron chi connectivity index (χ1n) is 5.43. The molecule has 0 unspecified atom stereocenters. The van der Waals surface area contributed by atoms with E-state index in [1.54, 1.807) is 0 Å². The fourth-order valence-electron chi connectivity index (χ4n) is 1.41. The van der Waals surface area contributed by atoms with E-state index >= 15 is 0 Å². The van der Waals surface area contributed by atoms with Gasteiger partial charge < -0.3 is 11.1 Å². The van der Waals surface area contributed by atoms with E-state index in [0.717, 1.165) is 30.4 Å². The van der Waals surface area contributed by atoms with Crippen LogP contribution in [0.15, 0.2) is 6.07 Å². The molecule has 4 nitrogen and oxygen atoms in total. The fourth-order valence-corrected chi connectivity index (χ4v) is 1.41. The summed E-state index contributed by atoms with van der Waals surface area (Å²) in [6.07, 6.45) is 2.38. The lowest BCUT2D eigenvalue weighted by atomic mass is 10.1. The van der Waals surface area contributed by atoms with Crippen molar-refractivity contribution in [3.8, 4) is 0 Å². The van der Waals surface area contributed by atoms with Crippen molar-refractivity contribution >= 4 is 11.8 Å². The number of nitrogens with two attached hydrogens (primary N) is 1. The van der Waals surface area contributed by atoms with E-state index in [1.807, 2.05) is 13.0 Å². The Morgan fingerprint density at radius 3 is 2.73 bits per heavy atom. The summed E-state index contributed by atoms with van der Waals surface area (Å²) in [6, 6.07) is 1.91. The second-order valence-electron chi connectivity index (χ2n) is 4.22. The molecule has 1 rings (SSSR count). The summed E-state index contributed by atoms with van der Waals surface area (Å²) in [5.74, 6) is 1.91. The van der Waals surface area contributed by atoms with Crippen LogP contribution in [0, 0.1) is 12.8 Å². The molecule has 0 spiro atoms. The number of aromatic nitrogens is 2. The minimum atomic E-state index is 0.335. The first-order valence-corrected chi connectivity index (χ1v) is 5.43. The lowest BCUT2D eigenvalue weighted by Gasteiger charge is -2.07. The summed E-state index contributed by atoms with van der Waals surface area (Å²) >= 11 is 0. The second-order valence-corrected chi connectivity index (χ2v) is 4.22. The van der Waals surface area contributed by atoms with Crippen molar-refractivity contribution in [2.45, 2.75) is 33.6 Å². The van der Waals surface area contributed by atoms with Crippen LogP contribution in [0.4, 0.5) is 11.8 Å². The first-order chi connectivity index (χ1) is 7.08. The maximum absolute atomic E-state index is 5.55. The largest absolute Gasteiger partial charge is 0.370 e. The molecule has 84 valence electrons. The number of anilines is 2. The molecule has 0 aromatic carbocycles. The normalized spacial score (nSPS) is 10.7. The summed E-state index contributed by atoms with van der Waals surface area (Å²) in [7, 11) is 0. The lowest BCUT2D eigenvalue weighted by Crippen LogP contribution is -2.07. The van der Waals surface area contributed by atoms with Crippen molar-refractivity contribution in [2.24, 2.45) is 5.92 Å². The molecule has 0 fully saturated rings. The Labute approximate surface area is 91.3 Å². The Hall–Kier alpha value is -1.32. The van der Waals surface area contributed by atoms with Gasteiger partial charge in [0.1, 0.15) is 5.82 Å². The van der Waals surface area contributed by atoms with E-state index in [0.29, 0.717) is 5.95 Å². The van der Waals surface area contributed by atoms with Crippen LogP contribution in [-0.4, -0.2) is 16.5 Å². The molecule has 0 bridgehead atoms. The van der Waals surface area contributed by atoms with Crippen molar-refractivity contribution < 1.29 is 0 Å². The molecule has 0 aliphatic heterocycles. The zero-order valence-corrected chi connectivity index (χ0v) is 9.75. The second kappa shape index (κ2) is 5.53. The third kappa shape index (κ3) is 4.63. The molecule has 0 saturated carbocycles. The smallest absolute Gasteiger partial charge is 0.222 e. The minimum absolute atomic E-state index is 0.335. The maximum atomic E-state index is 5.55. The van der Waals surface area contributed by atoms with Crippen molar-refractivity contribution in [1.82, 2.24) is 9.97 Å². The van der Waals surface area contributed by atoms with Crippen molar-refractivity contribution in [3.63, 3.8) is 0 Å². The molecule has 0 aliphatic carbocycles. The Kier molecular flexibility index (Phi) is 4.34. The number of nitrogen functional groups attached to an aromatic ring is 1. The van der Waals surface area contributed by atoms with Crippen LogP contribution >= 0.6 is 0 Å². The van der Waals surface area contributed by atoms with Gasteiger partial charge in [-0.15, -0.1) is 0 Å². The zero-order chi connectivity index (χ0) is 11.3. The van der Waals surface area contributed by atoms with Gasteiger partial charge in [0.2, 0.25) is 5.95 Å². The Bertz CT molecular complexity index is 289. The first kappa shape index (κ1) is 11.8. The van der Waals surface area contributed by atoms with Gasteiger partial charge in [-0.3, -0.25) is 0 Å². The van der Waals surface area contributed by atoms with Crippen LogP contribution in [0.25, 0.3) is 0 Å². The fraction of sp³-hybridized carbons (Fsp3) is 0.636. The van der Waals surface area contributed by atoms with Gasteiger partial charge in [-0.25, -0.2) is 4.98 Å². The van der Waals surface area contributed by atoms with Gasteiger partial charge in [0, 0.05) is 18.3 Å². The highest BCUT2D eigenvalue weighted by Crippen LogP contribution is 2.08. The monoisotopic (exact) mass is 208 g/mol. The van der Waals surface area contributed by atoms with Crippen LogP contribution in [0.2, 0.25) is 0 Å². The van der Waals surface area contributed by atoms with E-state index in [2.05, 4.69) is 29.1 Å². The van der Waals surface area contributed by atoms with Gasteiger partial charge in [-0.05, 0) is 25.7 Å².